The Bertz CT molecular complexity index is 1680. The molecule has 196 valence electrons. The van der Waals surface area contributed by atoms with E-state index in [4.69, 9.17) is 26.2 Å². The molecule has 4 aromatic rings. The maximum absolute atomic E-state index is 13.4. The van der Waals surface area contributed by atoms with Crippen molar-refractivity contribution in [1.82, 2.24) is 20.4 Å². The van der Waals surface area contributed by atoms with Gasteiger partial charge < -0.3 is 25.2 Å². The van der Waals surface area contributed by atoms with Gasteiger partial charge in [0, 0.05) is 23.5 Å². The van der Waals surface area contributed by atoms with Crippen molar-refractivity contribution in [2.45, 2.75) is 32.9 Å². The molecule has 0 radical (unpaired) electrons. The number of anilines is 1. The second kappa shape index (κ2) is 10.3. The lowest BCUT2D eigenvalue weighted by molar-refractivity contribution is 0.000836. The Hall–Kier alpha value is -4.22. The largest absolute Gasteiger partial charge is 0.455 e. The van der Waals surface area contributed by atoms with Crippen LogP contribution in [0, 0.1) is 19.3 Å². The molecule has 1 aromatic carbocycles. The average Bonchev–Trinajstić information content (AvgIpc) is 3.30. The number of aromatic amines is 1. The summed E-state index contributed by atoms with van der Waals surface area (Å²) >= 11 is 6.10. The van der Waals surface area contributed by atoms with Crippen molar-refractivity contribution in [2.24, 2.45) is 0 Å². The zero-order valence-electron chi connectivity index (χ0n) is 20.8. The number of aromatic nitrogens is 3. The summed E-state index contributed by atoms with van der Waals surface area (Å²) in [6.45, 7) is 6.67. The van der Waals surface area contributed by atoms with Gasteiger partial charge >= 0.3 is 5.76 Å². The van der Waals surface area contributed by atoms with Gasteiger partial charge in [0.2, 0.25) is 5.82 Å². The van der Waals surface area contributed by atoms with Crippen LogP contribution in [-0.2, 0) is 4.74 Å². The number of rotatable bonds is 8. The standard InChI is InChI=1S/C26H25ClN6O5/c1-12-6-17(14(3)30-19-4-5-20(27)31-21(19)25-32-26(35)38-33-25)24-18(7-12)22(34)13(2)23(37-24)15(8-28)9-29-16-10-36-11-16/h4-9,14,16,28-30H,10-11H2,1-3H3,(H,32,33,35)/b15-9+,28-8?/t14-/m1/s1. The Morgan fingerprint density at radius 3 is 2.71 bits per heavy atom. The lowest BCUT2D eigenvalue weighted by atomic mass is 9.99. The van der Waals surface area contributed by atoms with E-state index in [0.717, 1.165) is 17.3 Å². The van der Waals surface area contributed by atoms with E-state index >= 15 is 0 Å². The molecule has 0 saturated carbocycles. The Kier molecular flexibility index (Phi) is 6.87. The van der Waals surface area contributed by atoms with Crippen molar-refractivity contribution in [3.63, 3.8) is 0 Å². The van der Waals surface area contributed by atoms with Crippen molar-refractivity contribution in [2.75, 3.05) is 18.5 Å². The highest BCUT2D eigenvalue weighted by Gasteiger charge is 2.22. The molecule has 1 saturated heterocycles. The molecule has 1 aliphatic rings. The molecule has 5 rings (SSSR count). The maximum atomic E-state index is 13.4. The molecule has 12 heteroatoms. The number of nitrogens with one attached hydrogen (secondary N) is 4. The summed E-state index contributed by atoms with van der Waals surface area (Å²) in [5, 5.41) is 18.9. The first kappa shape index (κ1) is 25.4. The highest BCUT2D eigenvalue weighted by atomic mass is 35.5. The van der Waals surface area contributed by atoms with E-state index in [2.05, 4.69) is 30.3 Å². The lowest BCUT2D eigenvalue weighted by Crippen LogP contribution is -2.43. The van der Waals surface area contributed by atoms with Crippen LogP contribution in [0.1, 0.15) is 35.4 Å². The molecule has 0 amide bonds. The number of aryl methyl sites for hydroxylation is 1. The van der Waals surface area contributed by atoms with Gasteiger partial charge in [-0.2, -0.15) is 0 Å². The van der Waals surface area contributed by atoms with Gasteiger partial charge in [-0.3, -0.25) is 14.3 Å². The van der Waals surface area contributed by atoms with Crippen LogP contribution in [0.5, 0.6) is 0 Å². The number of halogens is 1. The number of hydrogen-bond acceptors (Lipinski definition) is 10. The molecule has 11 nitrogen and oxygen atoms in total. The number of ether oxygens (including phenoxy) is 1. The summed E-state index contributed by atoms with van der Waals surface area (Å²) in [6, 6.07) is 6.82. The Labute approximate surface area is 221 Å². The highest BCUT2D eigenvalue weighted by Crippen LogP contribution is 2.33. The molecule has 0 bridgehead atoms. The number of hydrogen-bond donors (Lipinski definition) is 4. The lowest BCUT2D eigenvalue weighted by Gasteiger charge is -2.26. The second-order valence-electron chi connectivity index (χ2n) is 9.10. The van der Waals surface area contributed by atoms with Crippen LogP contribution in [0.25, 0.3) is 28.1 Å². The summed E-state index contributed by atoms with van der Waals surface area (Å²) in [5.74, 6) is -0.281. The van der Waals surface area contributed by atoms with Crippen LogP contribution in [0.2, 0.25) is 5.15 Å². The normalized spacial score (nSPS) is 14.8. The first-order valence-electron chi connectivity index (χ1n) is 11.9. The van der Waals surface area contributed by atoms with Crippen LogP contribution in [-0.4, -0.2) is 40.6 Å². The van der Waals surface area contributed by atoms with Gasteiger partial charge in [0.25, 0.3) is 0 Å². The number of benzene rings is 1. The van der Waals surface area contributed by atoms with Gasteiger partial charge in [-0.15, -0.1) is 0 Å². The van der Waals surface area contributed by atoms with Crippen LogP contribution in [0.4, 0.5) is 5.69 Å². The molecule has 0 spiro atoms. The monoisotopic (exact) mass is 536 g/mol. The highest BCUT2D eigenvalue weighted by molar-refractivity contribution is 6.29. The average molecular weight is 537 g/mol. The van der Waals surface area contributed by atoms with Gasteiger partial charge in [-0.25, -0.2) is 9.78 Å². The van der Waals surface area contributed by atoms with Crippen molar-refractivity contribution >= 4 is 40.0 Å². The Morgan fingerprint density at radius 1 is 1.26 bits per heavy atom. The molecule has 38 heavy (non-hydrogen) atoms. The van der Waals surface area contributed by atoms with Crippen LogP contribution in [0.15, 0.2) is 49.0 Å². The van der Waals surface area contributed by atoms with Crippen molar-refractivity contribution in [3.05, 3.63) is 78.8 Å². The van der Waals surface area contributed by atoms with Crippen LogP contribution >= 0.6 is 11.6 Å². The van der Waals surface area contributed by atoms with Crippen molar-refractivity contribution < 1.29 is 13.7 Å². The topological polar surface area (TPSA) is 159 Å². The van der Waals surface area contributed by atoms with E-state index in [0.29, 0.717) is 52.5 Å². The van der Waals surface area contributed by atoms with E-state index in [9.17, 15) is 9.59 Å². The smallest absolute Gasteiger partial charge is 0.439 e. The third-order valence-electron chi connectivity index (χ3n) is 6.29. The molecule has 4 heterocycles. The van der Waals surface area contributed by atoms with E-state index in [1.807, 2.05) is 19.9 Å². The molecular weight excluding hydrogens is 512 g/mol. The summed E-state index contributed by atoms with van der Waals surface area (Å²) < 4.78 is 16.2. The van der Waals surface area contributed by atoms with E-state index < -0.39 is 5.76 Å². The number of H-pyrrole nitrogens is 1. The van der Waals surface area contributed by atoms with Gasteiger partial charge in [0.1, 0.15) is 22.2 Å². The number of allylic oxidation sites excluding steroid dienone is 1. The molecule has 3 aromatic heterocycles. The third kappa shape index (κ3) is 4.85. The molecule has 0 unspecified atom stereocenters. The minimum absolute atomic E-state index is 0.121. The predicted octanol–water partition coefficient (Wildman–Crippen LogP) is 3.95. The van der Waals surface area contributed by atoms with Gasteiger partial charge in [0.15, 0.2) is 5.43 Å². The van der Waals surface area contributed by atoms with Crippen LogP contribution in [0.3, 0.4) is 0 Å². The molecule has 0 aliphatic carbocycles. The first-order valence-corrected chi connectivity index (χ1v) is 12.2. The fourth-order valence-electron chi connectivity index (χ4n) is 4.25. The summed E-state index contributed by atoms with van der Waals surface area (Å²) in [5.41, 5.74) is 3.51. The van der Waals surface area contributed by atoms with E-state index in [-0.39, 0.29) is 28.5 Å². The summed E-state index contributed by atoms with van der Waals surface area (Å²) in [7, 11) is 0. The SMILES string of the molecule is Cc1cc([C@@H](C)Nc2ccc(Cl)nc2-c2noc(=O)[nH]2)c2oc(/C(C=N)=C/NC3COC3)c(C)c(=O)c2c1. The van der Waals surface area contributed by atoms with Crippen molar-refractivity contribution in [1.29, 1.82) is 5.41 Å². The van der Waals surface area contributed by atoms with Gasteiger partial charge in [0.05, 0.1) is 41.9 Å². The number of nitrogens with zero attached hydrogens (tertiary/aromatic N) is 2. The molecule has 1 fully saturated rings. The quantitative estimate of drug-likeness (QED) is 0.193. The summed E-state index contributed by atoms with van der Waals surface area (Å²) in [4.78, 5) is 31.7. The van der Waals surface area contributed by atoms with Crippen molar-refractivity contribution in [3.8, 4) is 11.5 Å². The van der Waals surface area contributed by atoms with Crippen LogP contribution < -0.4 is 21.8 Å². The number of pyridine rings is 1. The molecular formula is C26H25ClN6O5. The third-order valence-corrected chi connectivity index (χ3v) is 6.50. The minimum atomic E-state index is -0.718. The molecule has 4 N–H and O–H groups in total. The van der Waals surface area contributed by atoms with E-state index in [1.54, 1.807) is 31.3 Å². The van der Waals surface area contributed by atoms with Gasteiger partial charge in [-0.1, -0.05) is 22.8 Å². The number of fused-ring (bicyclic) bond motifs is 1. The van der Waals surface area contributed by atoms with E-state index in [1.165, 1.54) is 0 Å². The minimum Gasteiger partial charge on any atom is -0.455 e. The fraction of sp³-hybridized carbons (Fsp3) is 0.269. The molecule has 1 aliphatic heterocycles. The van der Waals surface area contributed by atoms with Gasteiger partial charge in [-0.05, 0) is 44.5 Å². The fourth-order valence-corrected chi connectivity index (χ4v) is 4.40. The predicted molar refractivity (Wildman–Crippen MR) is 144 cm³/mol. The maximum Gasteiger partial charge on any atom is 0.439 e. The second-order valence-corrected chi connectivity index (χ2v) is 9.49. The zero-order valence-corrected chi connectivity index (χ0v) is 21.6. The zero-order chi connectivity index (χ0) is 27.0. The first-order chi connectivity index (χ1) is 18.2. The Balaban J connectivity index is 1.59. The summed E-state index contributed by atoms with van der Waals surface area (Å²) in [6.07, 6.45) is 2.83. The Morgan fingerprint density at radius 2 is 2.05 bits per heavy atom. The molecule has 1 atom stereocenters.